The van der Waals surface area contributed by atoms with Crippen molar-refractivity contribution in [3.63, 3.8) is 0 Å². The number of anilines is 1. The fourth-order valence-corrected chi connectivity index (χ4v) is 2.92. The number of fused-ring (bicyclic) bond motifs is 1. The van der Waals surface area contributed by atoms with Gasteiger partial charge >= 0.3 is 0 Å². The summed E-state index contributed by atoms with van der Waals surface area (Å²) in [7, 11) is 1.70. The average Bonchev–Trinajstić information content (AvgIpc) is 3.02. The highest BCUT2D eigenvalue weighted by Crippen LogP contribution is 2.24. The molecule has 4 nitrogen and oxygen atoms in total. The van der Waals surface area contributed by atoms with E-state index < -0.39 is 0 Å². The Morgan fingerprint density at radius 1 is 1.08 bits per heavy atom. The Morgan fingerprint density at radius 2 is 1.79 bits per heavy atom. The number of methoxy groups -OCH3 is 1. The van der Waals surface area contributed by atoms with E-state index in [9.17, 15) is 0 Å². The molecule has 24 heavy (non-hydrogen) atoms. The standard InChI is InChI=1S/C19H23N3O.HI/c1-23-13-15-7-5-14(6-8-15)12-21-19(20)22-18-10-9-16-3-2-4-17(16)11-18;/h5-11H,2-4,12-13H2,1H3,(H3,20,21,22);1H. The maximum absolute atomic E-state index is 6.00. The van der Waals surface area contributed by atoms with Crippen molar-refractivity contribution >= 4 is 35.6 Å². The topological polar surface area (TPSA) is 59.6 Å². The molecule has 0 saturated carbocycles. The molecule has 0 unspecified atom stereocenters. The zero-order valence-electron chi connectivity index (χ0n) is 13.9. The molecule has 0 saturated heterocycles. The summed E-state index contributed by atoms with van der Waals surface area (Å²) in [5.41, 5.74) is 12.2. The Balaban J connectivity index is 0.00000208. The van der Waals surface area contributed by atoms with Crippen LogP contribution in [-0.4, -0.2) is 13.1 Å². The summed E-state index contributed by atoms with van der Waals surface area (Å²) in [5.74, 6) is 0.448. The normalized spacial score (nSPS) is 13.3. The van der Waals surface area contributed by atoms with Crippen molar-refractivity contribution in [2.24, 2.45) is 10.7 Å². The number of nitrogens with one attached hydrogen (secondary N) is 1. The quantitative estimate of drug-likeness (QED) is 0.424. The van der Waals surface area contributed by atoms with Gasteiger partial charge in [0.25, 0.3) is 0 Å². The molecule has 0 bridgehead atoms. The third kappa shape index (κ3) is 4.95. The van der Waals surface area contributed by atoms with Gasteiger partial charge in [-0.25, -0.2) is 4.99 Å². The van der Waals surface area contributed by atoms with E-state index in [1.165, 1.54) is 24.0 Å². The number of benzene rings is 2. The van der Waals surface area contributed by atoms with E-state index in [4.69, 9.17) is 10.5 Å². The number of hydrogen-bond acceptors (Lipinski definition) is 2. The molecule has 2 aromatic rings. The lowest BCUT2D eigenvalue weighted by atomic mass is 10.1. The number of aryl methyl sites for hydroxylation is 2. The average molecular weight is 437 g/mol. The maximum Gasteiger partial charge on any atom is 0.193 e. The molecule has 3 N–H and O–H groups in total. The summed E-state index contributed by atoms with van der Waals surface area (Å²) in [6.45, 7) is 1.20. The van der Waals surface area contributed by atoms with E-state index in [1.807, 2.05) is 0 Å². The molecule has 5 heteroatoms. The Labute approximate surface area is 160 Å². The van der Waals surface area contributed by atoms with Gasteiger partial charge in [-0.05, 0) is 53.6 Å². The van der Waals surface area contributed by atoms with Crippen molar-refractivity contribution in [1.29, 1.82) is 0 Å². The van der Waals surface area contributed by atoms with Crippen LogP contribution < -0.4 is 11.1 Å². The largest absolute Gasteiger partial charge is 0.380 e. The minimum absolute atomic E-state index is 0. The van der Waals surface area contributed by atoms with Gasteiger partial charge in [0.2, 0.25) is 0 Å². The Morgan fingerprint density at radius 3 is 2.54 bits per heavy atom. The maximum atomic E-state index is 6.00. The molecule has 0 heterocycles. The molecule has 0 amide bonds. The fourth-order valence-electron chi connectivity index (χ4n) is 2.92. The van der Waals surface area contributed by atoms with E-state index in [-0.39, 0.29) is 24.0 Å². The molecule has 0 aromatic heterocycles. The van der Waals surface area contributed by atoms with Crippen molar-refractivity contribution in [2.75, 3.05) is 12.4 Å². The molecule has 0 aliphatic heterocycles. The first kappa shape index (κ1) is 18.7. The minimum atomic E-state index is 0. The first-order valence-corrected chi connectivity index (χ1v) is 8.00. The monoisotopic (exact) mass is 437 g/mol. The first-order valence-electron chi connectivity index (χ1n) is 8.00. The second-order valence-corrected chi connectivity index (χ2v) is 5.91. The molecule has 0 atom stereocenters. The van der Waals surface area contributed by atoms with Crippen LogP contribution in [0.25, 0.3) is 0 Å². The van der Waals surface area contributed by atoms with Gasteiger partial charge in [0, 0.05) is 12.8 Å². The van der Waals surface area contributed by atoms with Crippen LogP contribution in [0.2, 0.25) is 0 Å². The number of nitrogens with two attached hydrogens (primary N) is 1. The highest BCUT2D eigenvalue weighted by Gasteiger charge is 2.10. The Bertz CT molecular complexity index is 698. The van der Waals surface area contributed by atoms with Crippen molar-refractivity contribution in [3.8, 4) is 0 Å². The van der Waals surface area contributed by atoms with Crippen LogP contribution in [0.1, 0.15) is 28.7 Å². The summed E-state index contributed by atoms with van der Waals surface area (Å²) in [6.07, 6.45) is 3.61. The van der Waals surface area contributed by atoms with Gasteiger partial charge in [0.15, 0.2) is 5.96 Å². The van der Waals surface area contributed by atoms with Gasteiger partial charge in [-0.15, -0.1) is 24.0 Å². The summed E-state index contributed by atoms with van der Waals surface area (Å²) in [5, 5.41) is 3.18. The highest BCUT2D eigenvalue weighted by molar-refractivity contribution is 14.0. The van der Waals surface area contributed by atoms with Crippen LogP contribution in [0.3, 0.4) is 0 Å². The molecular weight excluding hydrogens is 413 g/mol. The van der Waals surface area contributed by atoms with E-state index in [0.29, 0.717) is 19.1 Å². The van der Waals surface area contributed by atoms with Gasteiger partial charge in [-0.1, -0.05) is 30.3 Å². The molecule has 0 fully saturated rings. The van der Waals surface area contributed by atoms with Crippen LogP contribution in [0, 0.1) is 0 Å². The Kier molecular flexibility index (Phi) is 7.05. The number of nitrogens with zero attached hydrogens (tertiary/aromatic N) is 1. The van der Waals surface area contributed by atoms with Crippen LogP contribution >= 0.6 is 24.0 Å². The zero-order valence-corrected chi connectivity index (χ0v) is 16.2. The van der Waals surface area contributed by atoms with Gasteiger partial charge in [0.1, 0.15) is 0 Å². The number of hydrogen-bond donors (Lipinski definition) is 2. The van der Waals surface area contributed by atoms with E-state index in [0.717, 1.165) is 23.2 Å². The number of ether oxygens (including phenoxy) is 1. The smallest absolute Gasteiger partial charge is 0.193 e. The van der Waals surface area contributed by atoms with Crippen LogP contribution in [0.15, 0.2) is 47.5 Å². The number of rotatable bonds is 5. The van der Waals surface area contributed by atoms with Crippen molar-refractivity contribution < 1.29 is 4.74 Å². The summed E-state index contributed by atoms with van der Waals surface area (Å²) in [4.78, 5) is 4.41. The molecule has 128 valence electrons. The molecular formula is C19H24IN3O. The van der Waals surface area contributed by atoms with Crippen molar-refractivity contribution in [2.45, 2.75) is 32.4 Å². The SMILES string of the molecule is COCc1ccc(CN=C(N)Nc2ccc3c(c2)CCC3)cc1.I. The van der Waals surface area contributed by atoms with E-state index in [1.54, 1.807) is 7.11 Å². The minimum Gasteiger partial charge on any atom is -0.380 e. The van der Waals surface area contributed by atoms with Gasteiger partial charge in [-0.2, -0.15) is 0 Å². The summed E-state index contributed by atoms with van der Waals surface area (Å²) in [6, 6.07) is 14.7. The first-order chi connectivity index (χ1) is 11.2. The van der Waals surface area contributed by atoms with E-state index in [2.05, 4.69) is 52.8 Å². The Hall–Kier alpha value is -1.60. The third-order valence-corrected chi connectivity index (χ3v) is 4.14. The molecule has 1 aliphatic carbocycles. The number of halogens is 1. The molecule has 1 aliphatic rings. The van der Waals surface area contributed by atoms with Gasteiger partial charge < -0.3 is 15.8 Å². The van der Waals surface area contributed by atoms with E-state index >= 15 is 0 Å². The number of guanidine groups is 1. The third-order valence-electron chi connectivity index (χ3n) is 4.14. The highest BCUT2D eigenvalue weighted by atomic mass is 127. The predicted octanol–water partition coefficient (Wildman–Crippen LogP) is 3.87. The van der Waals surface area contributed by atoms with Gasteiger partial charge in [-0.3, -0.25) is 0 Å². The lowest BCUT2D eigenvalue weighted by Gasteiger charge is -2.08. The van der Waals surface area contributed by atoms with Gasteiger partial charge in [0.05, 0.1) is 13.2 Å². The molecule has 3 rings (SSSR count). The number of aliphatic imine (C=N–C) groups is 1. The second kappa shape index (κ2) is 9.03. The predicted molar refractivity (Wildman–Crippen MR) is 110 cm³/mol. The lowest BCUT2D eigenvalue weighted by molar-refractivity contribution is 0.185. The molecule has 0 radical (unpaired) electrons. The molecule has 0 spiro atoms. The second-order valence-electron chi connectivity index (χ2n) is 5.91. The zero-order chi connectivity index (χ0) is 16.1. The molecule has 2 aromatic carbocycles. The van der Waals surface area contributed by atoms with Crippen molar-refractivity contribution in [1.82, 2.24) is 0 Å². The lowest BCUT2D eigenvalue weighted by Crippen LogP contribution is -2.22. The summed E-state index contributed by atoms with van der Waals surface area (Å²) < 4.78 is 5.11. The fraction of sp³-hybridized carbons (Fsp3) is 0.316. The van der Waals surface area contributed by atoms with Crippen LogP contribution in [0.4, 0.5) is 5.69 Å². The summed E-state index contributed by atoms with van der Waals surface area (Å²) >= 11 is 0. The van der Waals surface area contributed by atoms with Crippen LogP contribution in [0.5, 0.6) is 0 Å². The van der Waals surface area contributed by atoms with Crippen molar-refractivity contribution in [3.05, 3.63) is 64.7 Å². The van der Waals surface area contributed by atoms with Crippen LogP contribution in [-0.2, 0) is 30.7 Å².